The lowest BCUT2D eigenvalue weighted by atomic mass is 10.1. The molecule has 1 aliphatic heterocycles. The van der Waals surface area contributed by atoms with Gasteiger partial charge in [0.2, 0.25) is 0 Å². The van der Waals surface area contributed by atoms with E-state index in [1.807, 2.05) is 54.6 Å². The molecule has 7 nitrogen and oxygen atoms in total. The summed E-state index contributed by atoms with van der Waals surface area (Å²) in [6.07, 6.45) is 2.22. The van der Waals surface area contributed by atoms with Crippen LogP contribution in [0.25, 0.3) is 22.2 Å². The van der Waals surface area contributed by atoms with Crippen LogP contribution in [0.5, 0.6) is 11.5 Å². The maximum absolute atomic E-state index is 12.9. The number of hydrogen-bond donors (Lipinski definition) is 1. The molecule has 1 saturated heterocycles. The van der Waals surface area contributed by atoms with Gasteiger partial charge in [0.1, 0.15) is 12.1 Å². The topological polar surface area (TPSA) is 82.8 Å². The van der Waals surface area contributed by atoms with Crippen molar-refractivity contribution < 1.29 is 23.5 Å². The fourth-order valence-corrected chi connectivity index (χ4v) is 4.06. The second-order valence-electron chi connectivity index (χ2n) is 8.22. The smallest absolute Gasteiger partial charge is 0.251 e. The summed E-state index contributed by atoms with van der Waals surface area (Å²) < 4.78 is 22.5. The molecule has 34 heavy (non-hydrogen) atoms. The molecule has 1 unspecified atom stereocenters. The third kappa shape index (κ3) is 4.75. The first-order valence-corrected chi connectivity index (χ1v) is 11.4. The number of benzene rings is 3. The highest BCUT2D eigenvalue weighted by atomic mass is 16.5. The molecule has 1 N–H and O–H groups in total. The van der Waals surface area contributed by atoms with Crippen molar-refractivity contribution in [1.29, 1.82) is 0 Å². The van der Waals surface area contributed by atoms with Gasteiger partial charge in [-0.2, -0.15) is 0 Å². The quantitative estimate of drug-likeness (QED) is 0.401. The molecule has 1 amide bonds. The van der Waals surface area contributed by atoms with Crippen LogP contribution in [-0.2, 0) is 11.3 Å². The fourth-order valence-electron chi connectivity index (χ4n) is 4.06. The summed E-state index contributed by atoms with van der Waals surface area (Å²) in [5.74, 6) is 1.76. The number of hydrogen-bond acceptors (Lipinski definition) is 6. The maximum atomic E-state index is 12.9. The van der Waals surface area contributed by atoms with E-state index in [-0.39, 0.29) is 12.0 Å². The summed E-state index contributed by atoms with van der Waals surface area (Å²) >= 11 is 0. The molecule has 5 rings (SSSR count). The lowest BCUT2D eigenvalue weighted by Gasteiger charge is -2.15. The Morgan fingerprint density at radius 1 is 1.09 bits per heavy atom. The third-order valence-corrected chi connectivity index (χ3v) is 5.90. The third-order valence-electron chi connectivity index (χ3n) is 5.90. The van der Waals surface area contributed by atoms with Crippen LogP contribution >= 0.6 is 0 Å². The molecular weight excluding hydrogens is 432 g/mol. The molecule has 1 atom stereocenters. The molecule has 7 heteroatoms. The lowest BCUT2D eigenvalue weighted by Crippen LogP contribution is -2.22. The Morgan fingerprint density at radius 3 is 2.76 bits per heavy atom. The Bertz CT molecular complexity index is 1280. The van der Waals surface area contributed by atoms with Crippen LogP contribution in [0.3, 0.4) is 0 Å². The Morgan fingerprint density at radius 2 is 1.97 bits per heavy atom. The van der Waals surface area contributed by atoms with Crippen LogP contribution in [0.15, 0.2) is 71.3 Å². The Hall–Kier alpha value is -3.84. The average Bonchev–Trinajstić information content (AvgIpc) is 3.56. The van der Waals surface area contributed by atoms with E-state index >= 15 is 0 Å². The number of nitrogens with zero attached hydrogens (tertiary/aromatic N) is 1. The van der Waals surface area contributed by atoms with E-state index in [0.717, 1.165) is 36.0 Å². The van der Waals surface area contributed by atoms with Crippen LogP contribution in [0, 0.1) is 0 Å². The van der Waals surface area contributed by atoms with Crippen molar-refractivity contribution in [2.45, 2.75) is 25.5 Å². The van der Waals surface area contributed by atoms with Gasteiger partial charge in [0.05, 0.1) is 18.6 Å². The van der Waals surface area contributed by atoms with Gasteiger partial charge in [-0.3, -0.25) is 4.79 Å². The van der Waals surface area contributed by atoms with Crippen molar-refractivity contribution in [1.82, 2.24) is 10.5 Å². The summed E-state index contributed by atoms with van der Waals surface area (Å²) in [5, 5.41) is 7.89. The second-order valence-corrected chi connectivity index (χ2v) is 8.22. The summed E-state index contributed by atoms with van der Waals surface area (Å²) in [6.45, 7) is 1.65. The number of methoxy groups -OCH3 is 1. The number of carbonyl (C=O) groups excluding carboxylic acids is 1. The average molecular weight is 459 g/mol. The van der Waals surface area contributed by atoms with Crippen molar-refractivity contribution in [2.24, 2.45) is 0 Å². The van der Waals surface area contributed by atoms with Gasteiger partial charge in [-0.15, -0.1) is 0 Å². The summed E-state index contributed by atoms with van der Waals surface area (Å²) in [6, 6.07) is 20.7. The first-order chi connectivity index (χ1) is 16.7. The monoisotopic (exact) mass is 458 g/mol. The van der Waals surface area contributed by atoms with Crippen LogP contribution in [0.4, 0.5) is 0 Å². The van der Waals surface area contributed by atoms with E-state index in [1.54, 1.807) is 19.2 Å². The predicted molar refractivity (Wildman–Crippen MR) is 128 cm³/mol. The van der Waals surface area contributed by atoms with E-state index < -0.39 is 0 Å². The van der Waals surface area contributed by atoms with E-state index in [4.69, 9.17) is 18.7 Å². The minimum Gasteiger partial charge on any atom is -0.493 e. The number of rotatable bonds is 8. The van der Waals surface area contributed by atoms with Gasteiger partial charge in [0, 0.05) is 24.3 Å². The van der Waals surface area contributed by atoms with Crippen LogP contribution in [0.1, 0.15) is 28.8 Å². The van der Waals surface area contributed by atoms with Crippen molar-refractivity contribution in [2.75, 3.05) is 20.3 Å². The van der Waals surface area contributed by atoms with E-state index in [2.05, 4.69) is 10.5 Å². The van der Waals surface area contributed by atoms with Gasteiger partial charge in [0.25, 0.3) is 5.91 Å². The summed E-state index contributed by atoms with van der Waals surface area (Å²) in [4.78, 5) is 12.9. The highest BCUT2D eigenvalue weighted by molar-refractivity contribution is 6.00. The van der Waals surface area contributed by atoms with Crippen molar-refractivity contribution >= 4 is 16.8 Å². The SMILES string of the molecule is COc1cc(CNC(=O)c2ccc3noc(-c4ccccc4)c3c2)ccc1OCC1CCCO1. The number of ether oxygens (including phenoxy) is 3. The zero-order chi connectivity index (χ0) is 23.3. The number of aromatic nitrogens is 1. The second kappa shape index (κ2) is 9.97. The van der Waals surface area contributed by atoms with Crippen LogP contribution in [-0.4, -0.2) is 37.5 Å². The molecule has 0 spiro atoms. The molecule has 0 saturated carbocycles. The molecule has 1 aliphatic rings. The molecule has 2 heterocycles. The van der Waals surface area contributed by atoms with Gasteiger partial charge in [-0.1, -0.05) is 41.6 Å². The zero-order valence-corrected chi connectivity index (χ0v) is 19.0. The van der Waals surface area contributed by atoms with Gasteiger partial charge >= 0.3 is 0 Å². The largest absolute Gasteiger partial charge is 0.493 e. The number of carbonyl (C=O) groups is 1. The molecule has 0 radical (unpaired) electrons. The molecule has 4 aromatic rings. The first kappa shape index (κ1) is 22.0. The van der Waals surface area contributed by atoms with Crippen LogP contribution in [0.2, 0.25) is 0 Å². The fraction of sp³-hybridized carbons (Fsp3) is 0.259. The Labute approximate surface area is 197 Å². The first-order valence-electron chi connectivity index (χ1n) is 11.4. The molecule has 174 valence electrons. The highest BCUT2D eigenvalue weighted by Gasteiger charge is 2.18. The highest BCUT2D eigenvalue weighted by Crippen LogP contribution is 2.30. The lowest BCUT2D eigenvalue weighted by molar-refractivity contribution is 0.0669. The number of nitrogens with one attached hydrogen (secondary N) is 1. The predicted octanol–water partition coefficient (Wildman–Crippen LogP) is 4.99. The minimum absolute atomic E-state index is 0.133. The van der Waals surface area contributed by atoms with Crippen molar-refractivity contribution in [3.8, 4) is 22.8 Å². The summed E-state index contributed by atoms with van der Waals surface area (Å²) in [5.41, 5.74) is 3.07. The van der Waals surface area contributed by atoms with Gasteiger partial charge in [-0.05, 0) is 48.7 Å². The van der Waals surface area contributed by atoms with Gasteiger partial charge < -0.3 is 24.1 Å². The van der Waals surface area contributed by atoms with E-state index in [9.17, 15) is 4.79 Å². The molecule has 1 fully saturated rings. The van der Waals surface area contributed by atoms with Crippen molar-refractivity contribution in [3.05, 3.63) is 77.9 Å². The molecule has 0 bridgehead atoms. The van der Waals surface area contributed by atoms with Gasteiger partial charge in [0.15, 0.2) is 17.3 Å². The normalized spacial score (nSPS) is 15.4. The van der Waals surface area contributed by atoms with Crippen LogP contribution < -0.4 is 14.8 Å². The standard InChI is InChI=1S/C27H26N2O5/c1-31-25-14-18(9-12-24(25)33-17-21-8-5-13-32-21)16-28-27(30)20-10-11-23-22(15-20)26(34-29-23)19-6-3-2-4-7-19/h2-4,6-7,9-12,14-15,21H,5,8,13,16-17H2,1H3,(H,28,30). The number of amides is 1. The molecule has 0 aliphatic carbocycles. The van der Waals surface area contributed by atoms with Gasteiger partial charge in [-0.25, -0.2) is 0 Å². The molecule has 1 aromatic heterocycles. The Kier molecular flexibility index (Phi) is 6.44. The molecule has 3 aromatic carbocycles. The summed E-state index contributed by atoms with van der Waals surface area (Å²) in [7, 11) is 1.61. The van der Waals surface area contributed by atoms with E-state index in [0.29, 0.717) is 41.5 Å². The Balaban J connectivity index is 1.26. The zero-order valence-electron chi connectivity index (χ0n) is 19.0. The molecular formula is C27H26N2O5. The number of fused-ring (bicyclic) bond motifs is 1. The van der Waals surface area contributed by atoms with Crippen molar-refractivity contribution in [3.63, 3.8) is 0 Å². The van der Waals surface area contributed by atoms with E-state index in [1.165, 1.54) is 0 Å². The maximum Gasteiger partial charge on any atom is 0.251 e. The minimum atomic E-state index is -0.181.